The first kappa shape index (κ1) is 26.1. The average Bonchev–Trinajstić information content (AvgIpc) is 3.37. The van der Waals surface area contributed by atoms with Gasteiger partial charge < -0.3 is 23.7 Å². The molecule has 2 aromatic heterocycles. The summed E-state index contributed by atoms with van der Waals surface area (Å²) < 4.78 is 13.0. The molecule has 0 saturated heterocycles. The quantitative estimate of drug-likeness (QED) is 0.646. The molecule has 2 aliphatic carbocycles. The number of imidazole rings is 2. The van der Waals surface area contributed by atoms with Gasteiger partial charge in [-0.05, 0) is 39.5 Å². The SMILES string of the molecule is CCn1c(C(=O)OC)cnc1C1CCC1.CCn1cncc1C(=O)OC.O=C(O)C1CCC1. The molecule has 0 bridgehead atoms. The third-order valence-corrected chi connectivity index (χ3v) is 5.97. The number of aryl methyl sites for hydroxylation is 1. The maximum Gasteiger partial charge on any atom is 0.356 e. The van der Waals surface area contributed by atoms with E-state index in [1.54, 1.807) is 17.1 Å². The zero-order valence-corrected chi connectivity index (χ0v) is 19.8. The van der Waals surface area contributed by atoms with E-state index < -0.39 is 5.97 Å². The molecule has 10 heteroatoms. The van der Waals surface area contributed by atoms with E-state index in [1.165, 1.54) is 39.7 Å². The van der Waals surface area contributed by atoms with Crippen LogP contribution in [0.25, 0.3) is 0 Å². The van der Waals surface area contributed by atoms with Crippen LogP contribution < -0.4 is 0 Å². The zero-order chi connectivity index (χ0) is 24.4. The molecule has 2 heterocycles. The fourth-order valence-electron chi connectivity index (χ4n) is 3.48. The van der Waals surface area contributed by atoms with Crippen molar-refractivity contribution in [2.45, 2.75) is 71.4 Å². The van der Waals surface area contributed by atoms with E-state index in [2.05, 4.69) is 14.7 Å². The fraction of sp³-hybridized carbons (Fsp3) is 0.609. The molecule has 10 nitrogen and oxygen atoms in total. The standard InChI is InChI=1S/C11H16N2O2.C7H10N2O2.C5H8O2/c1-3-13-9(11(14)15-2)7-12-10(13)8-5-4-6-8;1-3-9-5-8-4-6(9)7(10)11-2;6-5(7)4-2-1-3-4/h7-8H,3-6H2,1-2H3;4-5H,3H2,1-2H3;4H,1-3H2,(H,6,7). The molecule has 0 unspecified atom stereocenters. The highest BCUT2D eigenvalue weighted by Crippen LogP contribution is 2.35. The molecule has 33 heavy (non-hydrogen) atoms. The molecule has 2 saturated carbocycles. The highest BCUT2D eigenvalue weighted by molar-refractivity contribution is 5.87. The van der Waals surface area contributed by atoms with Crippen molar-refractivity contribution in [3.8, 4) is 0 Å². The van der Waals surface area contributed by atoms with Crippen LogP contribution in [0.2, 0.25) is 0 Å². The van der Waals surface area contributed by atoms with Crippen molar-refractivity contribution in [2.24, 2.45) is 5.92 Å². The van der Waals surface area contributed by atoms with Crippen molar-refractivity contribution < 1.29 is 29.0 Å². The van der Waals surface area contributed by atoms with Crippen LogP contribution in [0.3, 0.4) is 0 Å². The van der Waals surface area contributed by atoms with Gasteiger partial charge in [0.15, 0.2) is 0 Å². The minimum Gasteiger partial charge on any atom is -0.481 e. The molecule has 0 amide bonds. The Morgan fingerprint density at radius 2 is 1.58 bits per heavy atom. The maximum absolute atomic E-state index is 11.5. The Labute approximate surface area is 193 Å². The van der Waals surface area contributed by atoms with Gasteiger partial charge in [-0.15, -0.1) is 0 Å². The van der Waals surface area contributed by atoms with Crippen LogP contribution in [0.1, 0.15) is 85.1 Å². The number of aromatic nitrogens is 4. The van der Waals surface area contributed by atoms with Gasteiger partial charge in [0.25, 0.3) is 0 Å². The molecular weight excluding hydrogens is 428 g/mol. The second-order valence-electron chi connectivity index (χ2n) is 7.89. The van der Waals surface area contributed by atoms with E-state index in [-0.39, 0.29) is 17.9 Å². The van der Waals surface area contributed by atoms with E-state index in [1.807, 2.05) is 18.4 Å². The van der Waals surface area contributed by atoms with Gasteiger partial charge in [0.05, 0.1) is 38.9 Å². The first-order valence-electron chi connectivity index (χ1n) is 11.3. The molecule has 1 N–H and O–H groups in total. The fourth-order valence-corrected chi connectivity index (χ4v) is 3.48. The van der Waals surface area contributed by atoms with Gasteiger partial charge >= 0.3 is 17.9 Å². The first-order chi connectivity index (χ1) is 15.9. The monoisotopic (exact) mass is 462 g/mol. The minimum absolute atomic E-state index is 0.000000000000000444. The number of ether oxygens (including phenoxy) is 2. The molecule has 4 rings (SSSR count). The summed E-state index contributed by atoms with van der Waals surface area (Å²) >= 11 is 0. The van der Waals surface area contributed by atoms with Crippen LogP contribution in [0.5, 0.6) is 0 Å². The molecule has 2 aromatic rings. The summed E-state index contributed by atoms with van der Waals surface area (Å²) in [7, 11) is 2.76. The lowest BCUT2D eigenvalue weighted by Gasteiger charge is -2.25. The van der Waals surface area contributed by atoms with Gasteiger partial charge in [0.2, 0.25) is 0 Å². The van der Waals surface area contributed by atoms with Crippen molar-refractivity contribution in [1.82, 2.24) is 19.1 Å². The van der Waals surface area contributed by atoms with Crippen LogP contribution in [-0.2, 0) is 27.4 Å². The third kappa shape index (κ3) is 6.66. The zero-order valence-electron chi connectivity index (χ0n) is 19.8. The molecular formula is C23H34N4O6. The molecule has 182 valence electrons. The maximum atomic E-state index is 11.5. The Morgan fingerprint density at radius 3 is 1.97 bits per heavy atom. The molecule has 0 aromatic carbocycles. The topological polar surface area (TPSA) is 126 Å². The minimum atomic E-state index is -0.619. The van der Waals surface area contributed by atoms with E-state index >= 15 is 0 Å². The van der Waals surface area contributed by atoms with Gasteiger partial charge in [-0.2, -0.15) is 0 Å². The van der Waals surface area contributed by atoms with Crippen LogP contribution >= 0.6 is 0 Å². The number of rotatable bonds is 6. The summed E-state index contributed by atoms with van der Waals surface area (Å²) in [6.45, 7) is 5.46. The molecule has 0 radical (unpaired) electrons. The second-order valence-corrected chi connectivity index (χ2v) is 7.89. The number of methoxy groups -OCH3 is 2. The summed E-state index contributed by atoms with van der Waals surface area (Å²) in [6.07, 6.45) is 11.3. The Morgan fingerprint density at radius 1 is 0.970 bits per heavy atom. The number of carboxylic acid groups (broad SMARTS) is 1. The van der Waals surface area contributed by atoms with Crippen molar-refractivity contribution in [1.29, 1.82) is 0 Å². The van der Waals surface area contributed by atoms with Crippen molar-refractivity contribution in [2.75, 3.05) is 14.2 Å². The predicted molar refractivity (Wildman–Crippen MR) is 120 cm³/mol. The summed E-state index contributed by atoms with van der Waals surface area (Å²) in [5.74, 6) is 0.332. The number of hydrogen-bond donors (Lipinski definition) is 1. The lowest BCUT2D eigenvalue weighted by Crippen LogP contribution is -2.20. The van der Waals surface area contributed by atoms with Crippen molar-refractivity contribution in [3.05, 3.63) is 35.9 Å². The molecule has 0 atom stereocenters. The molecule has 2 aliphatic rings. The summed E-state index contributed by atoms with van der Waals surface area (Å²) in [6, 6.07) is 0. The lowest BCUT2D eigenvalue weighted by molar-refractivity contribution is -0.144. The number of carbonyl (C=O) groups is 3. The van der Waals surface area contributed by atoms with Crippen molar-refractivity contribution in [3.63, 3.8) is 0 Å². The second kappa shape index (κ2) is 12.8. The summed E-state index contributed by atoms with van der Waals surface area (Å²) in [5.41, 5.74) is 1.07. The Hall–Kier alpha value is -3.17. The van der Waals surface area contributed by atoms with Gasteiger partial charge in [0, 0.05) is 19.0 Å². The lowest BCUT2D eigenvalue weighted by atomic mass is 9.85. The number of hydrogen-bond acceptors (Lipinski definition) is 7. The van der Waals surface area contributed by atoms with E-state index in [9.17, 15) is 14.4 Å². The van der Waals surface area contributed by atoms with Crippen LogP contribution in [0, 0.1) is 5.92 Å². The van der Waals surface area contributed by atoms with Gasteiger partial charge in [-0.1, -0.05) is 12.8 Å². The Kier molecular flexibility index (Phi) is 10.1. The highest BCUT2D eigenvalue weighted by atomic mass is 16.5. The van der Waals surface area contributed by atoms with E-state index in [0.29, 0.717) is 17.3 Å². The van der Waals surface area contributed by atoms with Crippen LogP contribution in [0.15, 0.2) is 18.7 Å². The number of esters is 2. The Bertz CT molecular complexity index is 927. The smallest absolute Gasteiger partial charge is 0.356 e. The first-order valence-corrected chi connectivity index (χ1v) is 11.3. The molecule has 0 aliphatic heterocycles. The highest BCUT2D eigenvalue weighted by Gasteiger charge is 2.26. The van der Waals surface area contributed by atoms with E-state index in [4.69, 9.17) is 9.84 Å². The normalized spacial score (nSPS) is 15.0. The third-order valence-electron chi connectivity index (χ3n) is 5.97. The predicted octanol–water partition coefficient (Wildman–Crippen LogP) is 3.52. The number of aliphatic carboxylic acids is 1. The average molecular weight is 463 g/mol. The van der Waals surface area contributed by atoms with Gasteiger partial charge in [0.1, 0.15) is 17.2 Å². The van der Waals surface area contributed by atoms with E-state index in [0.717, 1.165) is 38.2 Å². The Balaban J connectivity index is 0.000000188. The van der Waals surface area contributed by atoms with Crippen LogP contribution in [-0.4, -0.2) is 56.3 Å². The largest absolute Gasteiger partial charge is 0.481 e. The molecule has 2 fully saturated rings. The number of nitrogens with zero attached hydrogens (tertiary/aromatic N) is 4. The molecule has 0 spiro atoms. The summed E-state index contributed by atoms with van der Waals surface area (Å²) in [4.78, 5) is 40.6. The van der Waals surface area contributed by atoms with Crippen LogP contribution in [0.4, 0.5) is 0 Å². The summed E-state index contributed by atoms with van der Waals surface area (Å²) in [5, 5.41) is 8.23. The van der Waals surface area contributed by atoms with Gasteiger partial charge in [-0.25, -0.2) is 19.6 Å². The van der Waals surface area contributed by atoms with Gasteiger partial charge in [-0.3, -0.25) is 4.79 Å². The van der Waals surface area contributed by atoms with Crippen molar-refractivity contribution >= 4 is 17.9 Å². The number of carboxylic acids is 1. The number of carbonyl (C=O) groups excluding carboxylic acids is 2.